The van der Waals surface area contributed by atoms with Gasteiger partial charge >= 0.3 is 6.03 Å². The van der Waals surface area contributed by atoms with Crippen molar-refractivity contribution in [2.45, 2.75) is 4.90 Å². The molecule has 0 bridgehead atoms. The standard InChI is InChI=1S/C10H12FN3O2S/c1-13-10(16)14-9(15)5-17-6-2-3-8(12)7(11)4-6/h2-4H,5,12H2,1H3,(H2,13,14,15,16). The number of carbonyl (C=O) groups excluding carboxylic acids is 2. The smallest absolute Gasteiger partial charge is 0.321 e. The Balaban J connectivity index is 2.47. The minimum atomic E-state index is -0.570. The van der Waals surface area contributed by atoms with Crippen LogP contribution < -0.4 is 16.4 Å². The van der Waals surface area contributed by atoms with Crippen LogP contribution in [0.25, 0.3) is 0 Å². The average Bonchev–Trinajstić information content (AvgIpc) is 2.30. The third-order valence-electron chi connectivity index (χ3n) is 1.82. The Morgan fingerprint density at radius 2 is 2.18 bits per heavy atom. The van der Waals surface area contributed by atoms with Crippen LogP contribution >= 0.6 is 11.8 Å². The van der Waals surface area contributed by atoms with Gasteiger partial charge in [0, 0.05) is 11.9 Å². The normalized spacial score (nSPS) is 9.76. The summed E-state index contributed by atoms with van der Waals surface area (Å²) in [7, 11) is 1.41. The first-order chi connectivity index (χ1) is 8.02. The summed E-state index contributed by atoms with van der Waals surface area (Å²) in [5, 5.41) is 4.35. The number of thioether (sulfide) groups is 1. The maximum Gasteiger partial charge on any atom is 0.321 e. The number of hydrogen-bond acceptors (Lipinski definition) is 4. The highest BCUT2D eigenvalue weighted by atomic mass is 32.2. The number of benzene rings is 1. The number of amides is 3. The van der Waals surface area contributed by atoms with E-state index in [4.69, 9.17) is 5.73 Å². The lowest BCUT2D eigenvalue weighted by atomic mass is 10.3. The molecule has 4 N–H and O–H groups in total. The quantitative estimate of drug-likeness (QED) is 0.556. The van der Waals surface area contributed by atoms with E-state index in [9.17, 15) is 14.0 Å². The van der Waals surface area contributed by atoms with Crippen molar-refractivity contribution < 1.29 is 14.0 Å². The largest absolute Gasteiger partial charge is 0.396 e. The molecule has 0 spiro atoms. The van der Waals surface area contributed by atoms with Crippen molar-refractivity contribution >= 4 is 29.4 Å². The molecule has 5 nitrogen and oxygen atoms in total. The zero-order valence-corrected chi connectivity index (χ0v) is 9.94. The molecular weight excluding hydrogens is 245 g/mol. The molecule has 0 saturated heterocycles. The van der Waals surface area contributed by atoms with Gasteiger partial charge in [0.1, 0.15) is 5.82 Å². The fourth-order valence-corrected chi connectivity index (χ4v) is 1.69. The molecule has 0 unspecified atom stereocenters. The SMILES string of the molecule is CNC(=O)NC(=O)CSc1ccc(N)c(F)c1. The van der Waals surface area contributed by atoms with E-state index in [-0.39, 0.29) is 11.4 Å². The van der Waals surface area contributed by atoms with Gasteiger partial charge in [0.25, 0.3) is 0 Å². The minimum Gasteiger partial charge on any atom is -0.396 e. The van der Waals surface area contributed by atoms with Crippen molar-refractivity contribution in [1.29, 1.82) is 0 Å². The van der Waals surface area contributed by atoms with Gasteiger partial charge < -0.3 is 11.1 Å². The maximum absolute atomic E-state index is 13.1. The molecule has 0 fully saturated rings. The van der Waals surface area contributed by atoms with Gasteiger partial charge in [-0.3, -0.25) is 10.1 Å². The van der Waals surface area contributed by atoms with Gasteiger partial charge in [0.15, 0.2) is 0 Å². The second-order valence-electron chi connectivity index (χ2n) is 3.10. The second kappa shape index (κ2) is 6.09. The van der Waals surface area contributed by atoms with Gasteiger partial charge in [-0.25, -0.2) is 9.18 Å². The molecule has 92 valence electrons. The molecule has 1 rings (SSSR count). The van der Waals surface area contributed by atoms with Crippen molar-refractivity contribution in [3.05, 3.63) is 24.0 Å². The van der Waals surface area contributed by atoms with Crippen LogP contribution in [0.1, 0.15) is 0 Å². The fourth-order valence-electron chi connectivity index (χ4n) is 0.972. The Kier molecular flexibility index (Phi) is 4.77. The van der Waals surface area contributed by atoms with Crippen LogP contribution in [-0.2, 0) is 4.79 Å². The highest BCUT2D eigenvalue weighted by molar-refractivity contribution is 8.00. The van der Waals surface area contributed by atoms with Crippen LogP contribution in [0.5, 0.6) is 0 Å². The number of nitrogens with one attached hydrogen (secondary N) is 2. The molecular formula is C10H12FN3O2S. The molecule has 1 aromatic carbocycles. The summed E-state index contributed by atoms with van der Waals surface area (Å²) in [5.74, 6) is -0.954. The number of rotatable bonds is 3. The Morgan fingerprint density at radius 3 is 2.76 bits per heavy atom. The Labute approximate surface area is 102 Å². The first kappa shape index (κ1) is 13.3. The number of anilines is 1. The van der Waals surface area contributed by atoms with Crippen molar-refractivity contribution in [2.24, 2.45) is 0 Å². The third-order valence-corrected chi connectivity index (χ3v) is 2.82. The molecule has 1 aromatic rings. The van der Waals surface area contributed by atoms with Gasteiger partial charge in [-0.1, -0.05) is 0 Å². The van der Waals surface area contributed by atoms with Crippen molar-refractivity contribution in [3.8, 4) is 0 Å². The zero-order chi connectivity index (χ0) is 12.8. The molecule has 0 aliphatic carbocycles. The Morgan fingerprint density at radius 1 is 1.47 bits per heavy atom. The molecule has 0 radical (unpaired) electrons. The molecule has 7 heteroatoms. The summed E-state index contributed by atoms with van der Waals surface area (Å²) in [5.41, 5.74) is 5.37. The predicted molar refractivity (Wildman–Crippen MR) is 64.1 cm³/mol. The first-order valence-electron chi connectivity index (χ1n) is 4.72. The van der Waals surface area contributed by atoms with Crippen LogP contribution in [0.15, 0.2) is 23.1 Å². The lowest BCUT2D eigenvalue weighted by Crippen LogP contribution is -2.38. The molecule has 0 atom stereocenters. The van der Waals surface area contributed by atoms with E-state index in [2.05, 4.69) is 10.6 Å². The van der Waals surface area contributed by atoms with E-state index in [1.165, 1.54) is 19.2 Å². The number of carbonyl (C=O) groups is 2. The van der Waals surface area contributed by atoms with Crippen LogP contribution in [0.2, 0.25) is 0 Å². The number of nitrogens with two attached hydrogens (primary N) is 1. The van der Waals surface area contributed by atoms with E-state index in [0.717, 1.165) is 11.8 Å². The predicted octanol–water partition coefficient (Wildman–Crippen LogP) is 0.956. The Hall–Kier alpha value is -1.76. The molecule has 0 saturated carbocycles. The van der Waals surface area contributed by atoms with E-state index in [1.54, 1.807) is 6.07 Å². The monoisotopic (exact) mass is 257 g/mol. The van der Waals surface area contributed by atoms with Gasteiger partial charge in [0.05, 0.1) is 11.4 Å². The minimum absolute atomic E-state index is 0.0246. The summed E-state index contributed by atoms with van der Waals surface area (Å²) in [6, 6.07) is 3.71. The van der Waals surface area contributed by atoms with Gasteiger partial charge in [-0.15, -0.1) is 11.8 Å². The first-order valence-corrected chi connectivity index (χ1v) is 5.71. The van der Waals surface area contributed by atoms with Crippen molar-refractivity contribution in [3.63, 3.8) is 0 Å². The summed E-state index contributed by atoms with van der Waals surface area (Å²) in [6.07, 6.45) is 0. The van der Waals surface area contributed by atoms with E-state index >= 15 is 0 Å². The van der Waals surface area contributed by atoms with Crippen LogP contribution in [0, 0.1) is 5.82 Å². The van der Waals surface area contributed by atoms with Crippen molar-refractivity contribution in [2.75, 3.05) is 18.5 Å². The molecule has 0 heterocycles. The maximum atomic E-state index is 13.1. The highest BCUT2D eigenvalue weighted by Gasteiger charge is 2.07. The number of nitrogen functional groups attached to an aromatic ring is 1. The lowest BCUT2D eigenvalue weighted by Gasteiger charge is -2.04. The molecule has 0 aliphatic heterocycles. The summed E-state index contributed by atoms with van der Waals surface area (Å²) in [4.78, 5) is 22.6. The second-order valence-corrected chi connectivity index (χ2v) is 4.15. The van der Waals surface area contributed by atoms with Gasteiger partial charge in [-0.2, -0.15) is 0 Å². The third kappa shape index (κ3) is 4.31. The zero-order valence-electron chi connectivity index (χ0n) is 9.12. The van der Waals surface area contributed by atoms with E-state index in [1.807, 2.05) is 0 Å². The average molecular weight is 257 g/mol. The number of urea groups is 1. The van der Waals surface area contributed by atoms with Crippen molar-refractivity contribution in [1.82, 2.24) is 10.6 Å². The molecule has 17 heavy (non-hydrogen) atoms. The van der Waals surface area contributed by atoms with E-state index < -0.39 is 17.8 Å². The van der Waals surface area contributed by atoms with Crippen LogP contribution in [0.3, 0.4) is 0 Å². The number of halogens is 1. The van der Waals surface area contributed by atoms with E-state index in [0.29, 0.717) is 4.90 Å². The number of imide groups is 1. The Bertz CT molecular complexity index is 440. The van der Waals surface area contributed by atoms with Gasteiger partial charge in [-0.05, 0) is 18.2 Å². The summed E-state index contributed by atoms with van der Waals surface area (Å²) < 4.78 is 13.1. The highest BCUT2D eigenvalue weighted by Crippen LogP contribution is 2.21. The molecule has 0 aromatic heterocycles. The number of hydrogen-bond donors (Lipinski definition) is 3. The van der Waals surface area contributed by atoms with Gasteiger partial charge in [0.2, 0.25) is 5.91 Å². The summed E-state index contributed by atoms with van der Waals surface area (Å²) in [6.45, 7) is 0. The van der Waals surface area contributed by atoms with Crippen LogP contribution in [0.4, 0.5) is 14.9 Å². The fraction of sp³-hybridized carbons (Fsp3) is 0.200. The topological polar surface area (TPSA) is 84.2 Å². The molecule has 3 amide bonds. The van der Waals surface area contributed by atoms with Crippen LogP contribution in [-0.4, -0.2) is 24.7 Å². The lowest BCUT2D eigenvalue weighted by molar-refractivity contribution is -0.117. The molecule has 0 aliphatic rings. The summed E-state index contributed by atoms with van der Waals surface area (Å²) >= 11 is 1.12.